The van der Waals surface area contributed by atoms with Gasteiger partial charge in [-0.1, -0.05) is 18.5 Å². The number of nitrogens with zero attached hydrogens (tertiary/aromatic N) is 2. The number of aromatic amines is 1. The maximum atomic E-state index is 14.9. The first-order valence-corrected chi connectivity index (χ1v) is 11.7. The number of fused-ring (bicyclic) bond motifs is 1. The molecule has 0 aliphatic heterocycles. The fourth-order valence-corrected chi connectivity index (χ4v) is 4.50. The summed E-state index contributed by atoms with van der Waals surface area (Å²) in [6.45, 7) is 1.68. The highest BCUT2D eigenvalue weighted by molar-refractivity contribution is 7.98. The van der Waals surface area contributed by atoms with Crippen LogP contribution >= 0.6 is 23.4 Å². The van der Waals surface area contributed by atoms with E-state index in [0.717, 1.165) is 0 Å². The monoisotopic (exact) mass is 457 g/mol. The number of benzene rings is 1. The fourth-order valence-electron chi connectivity index (χ4n) is 2.63. The Morgan fingerprint density at radius 2 is 2.14 bits per heavy atom. The van der Waals surface area contributed by atoms with E-state index >= 15 is 0 Å². The SMILES string of the molecule is CCCS(=O)(=O)Nc1ccc(Cl)c(C(=O)Nc2cnc3[nH]nc(SC)c3c2)c1F. The molecule has 3 N–H and O–H groups in total. The van der Waals surface area contributed by atoms with Crippen LogP contribution in [0.15, 0.2) is 29.4 Å². The zero-order valence-electron chi connectivity index (χ0n) is 15.4. The number of pyridine rings is 1. The quantitative estimate of drug-likeness (QED) is 0.463. The molecule has 3 aromatic rings. The molecule has 0 saturated carbocycles. The van der Waals surface area contributed by atoms with Gasteiger partial charge < -0.3 is 5.32 Å². The number of anilines is 2. The van der Waals surface area contributed by atoms with Crippen molar-refractivity contribution in [1.82, 2.24) is 15.2 Å². The largest absolute Gasteiger partial charge is 0.320 e. The number of nitrogens with one attached hydrogen (secondary N) is 3. The number of aromatic nitrogens is 3. The lowest BCUT2D eigenvalue weighted by Crippen LogP contribution is -2.20. The van der Waals surface area contributed by atoms with E-state index in [0.29, 0.717) is 28.2 Å². The van der Waals surface area contributed by atoms with Gasteiger partial charge in [-0.15, -0.1) is 11.8 Å². The van der Waals surface area contributed by atoms with Gasteiger partial charge in [0.15, 0.2) is 11.5 Å². The molecule has 29 heavy (non-hydrogen) atoms. The summed E-state index contributed by atoms with van der Waals surface area (Å²) in [5.41, 5.74) is 0.0392. The molecule has 0 atom stereocenters. The second-order valence-electron chi connectivity index (χ2n) is 6.01. The summed E-state index contributed by atoms with van der Waals surface area (Å²) in [5, 5.41) is 10.6. The maximum absolute atomic E-state index is 14.9. The van der Waals surface area contributed by atoms with Crippen molar-refractivity contribution in [2.45, 2.75) is 18.4 Å². The molecule has 0 fully saturated rings. The third-order valence-electron chi connectivity index (χ3n) is 3.89. The summed E-state index contributed by atoms with van der Waals surface area (Å²) < 4.78 is 40.9. The Morgan fingerprint density at radius 1 is 1.38 bits per heavy atom. The van der Waals surface area contributed by atoms with Gasteiger partial charge in [-0.3, -0.25) is 14.6 Å². The predicted octanol–water partition coefficient (Wildman–Crippen LogP) is 3.88. The zero-order valence-corrected chi connectivity index (χ0v) is 17.8. The average Bonchev–Trinajstić information content (AvgIpc) is 3.06. The molecule has 0 spiro atoms. The van der Waals surface area contributed by atoms with Crippen LogP contribution in [-0.4, -0.2) is 41.5 Å². The van der Waals surface area contributed by atoms with Crippen molar-refractivity contribution in [3.63, 3.8) is 0 Å². The molecule has 1 aromatic carbocycles. The molecule has 3 rings (SSSR count). The summed E-state index contributed by atoms with van der Waals surface area (Å²) in [6, 6.07) is 4.08. The number of thioether (sulfide) groups is 1. The number of hydrogen-bond donors (Lipinski definition) is 3. The summed E-state index contributed by atoms with van der Waals surface area (Å²) >= 11 is 7.41. The molecule has 8 nitrogen and oxygen atoms in total. The molecule has 2 aromatic heterocycles. The molecular weight excluding hydrogens is 441 g/mol. The molecule has 0 bridgehead atoms. The maximum Gasteiger partial charge on any atom is 0.260 e. The Balaban J connectivity index is 1.92. The third-order valence-corrected chi connectivity index (χ3v) is 6.38. The van der Waals surface area contributed by atoms with Crippen molar-refractivity contribution >= 4 is 61.7 Å². The van der Waals surface area contributed by atoms with Gasteiger partial charge in [-0.2, -0.15) is 5.10 Å². The van der Waals surface area contributed by atoms with Crippen LogP contribution in [0.3, 0.4) is 0 Å². The first-order valence-electron chi connectivity index (χ1n) is 8.43. The second-order valence-corrected chi connectivity index (χ2v) is 9.06. The predicted molar refractivity (Wildman–Crippen MR) is 113 cm³/mol. The van der Waals surface area contributed by atoms with Crippen LogP contribution in [0.5, 0.6) is 0 Å². The standard InChI is InChI=1S/C17H17ClFN5O3S2/c1-3-6-29(26,27)24-12-5-4-11(18)13(14(12)19)16(25)21-9-7-10-15(20-8-9)22-23-17(10)28-2/h4-5,7-8,24H,3,6H2,1-2H3,(H,21,25)(H,20,22,23). The molecule has 0 radical (unpaired) electrons. The summed E-state index contributed by atoms with van der Waals surface area (Å²) in [7, 11) is -3.73. The van der Waals surface area contributed by atoms with Crippen molar-refractivity contribution in [2.24, 2.45) is 0 Å². The second kappa shape index (κ2) is 8.56. The normalized spacial score (nSPS) is 11.6. The molecule has 1 amide bonds. The highest BCUT2D eigenvalue weighted by Crippen LogP contribution is 2.29. The van der Waals surface area contributed by atoms with Gasteiger partial charge in [0.1, 0.15) is 5.03 Å². The minimum absolute atomic E-state index is 0.152. The third kappa shape index (κ3) is 4.62. The average molecular weight is 458 g/mol. The van der Waals surface area contributed by atoms with Crippen LogP contribution in [0.2, 0.25) is 5.02 Å². The fraction of sp³-hybridized carbons (Fsp3) is 0.235. The van der Waals surface area contributed by atoms with E-state index in [1.807, 2.05) is 6.26 Å². The molecule has 2 heterocycles. The lowest BCUT2D eigenvalue weighted by molar-refractivity contribution is 0.102. The van der Waals surface area contributed by atoms with Gasteiger partial charge >= 0.3 is 0 Å². The molecule has 0 aliphatic carbocycles. The Bertz CT molecular complexity index is 1180. The Kier molecular flexibility index (Phi) is 6.30. The van der Waals surface area contributed by atoms with Crippen LogP contribution in [0, 0.1) is 5.82 Å². The van der Waals surface area contributed by atoms with Crippen LogP contribution in [0.25, 0.3) is 11.0 Å². The van der Waals surface area contributed by atoms with E-state index in [2.05, 4.69) is 25.2 Å². The van der Waals surface area contributed by atoms with Gasteiger partial charge in [-0.05, 0) is 30.9 Å². The van der Waals surface area contributed by atoms with Crippen molar-refractivity contribution < 1.29 is 17.6 Å². The molecular formula is C17H17ClFN5O3S2. The molecule has 154 valence electrons. The number of hydrogen-bond acceptors (Lipinski definition) is 6. The molecule has 0 aliphatic rings. The van der Waals surface area contributed by atoms with Gasteiger partial charge in [0.05, 0.1) is 39.3 Å². The minimum Gasteiger partial charge on any atom is -0.320 e. The van der Waals surface area contributed by atoms with Gasteiger partial charge in [0.25, 0.3) is 5.91 Å². The van der Waals surface area contributed by atoms with E-state index in [1.165, 1.54) is 30.1 Å². The van der Waals surface area contributed by atoms with Crippen LogP contribution in [0.4, 0.5) is 15.8 Å². The van der Waals surface area contributed by atoms with Crippen molar-refractivity contribution in [1.29, 1.82) is 0 Å². The minimum atomic E-state index is -3.73. The number of carbonyl (C=O) groups excluding carboxylic acids is 1. The summed E-state index contributed by atoms with van der Waals surface area (Å²) in [4.78, 5) is 16.8. The Morgan fingerprint density at radius 3 is 2.83 bits per heavy atom. The Labute approximate surface area is 175 Å². The van der Waals surface area contributed by atoms with Crippen molar-refractivity contribution in [3.8, 4) is 0 Å². The van der Waals surface area contributed by atoms with Gasteiger partial charge in [-0.25, -0.2) is 17.8 Å². The number of amides is 1. The topological polar surface area (TPSA) is 117 Å². The van der Waals surface area contributed by atoms with E-state index in [-0.39, 0.29) is 16.5 Å². The highest BCUT2D eigenvalue weighted by atomic mass is 35.5. The van der Waals surface area contributed by atoms with Crippen LogP contribution in [-0.2, 0) is 10.0 Å². The number of carbonyl (C=O) groups is 1. The number of rotatable bonds is 7. The number of halogens is 2. The first-order chi connectivity index (χ1) is 13.8. The van der Waals surface area contributed by atoms with Crippen molar-refractivity contribution in [3.05, 3.63) is 40.8 Å². The molecule has 0 unspecified atom stereocenters. The van der Waals surface area contributed by atoms with Gasteiger partial charge in [0, 0.05) is 0 Å². The summed E-state index contributed by atoms with van der Waals surface area (Å²) in [6.07, 6.45) is 3.60. The summed E-state index contributed by atoms with van der Waals surface area (Å²) in [5.74, 6) is -2.07. The highest BCUT2D eigenvalue weighted by Gasteiger charge is 2.22. The molecule has 12 heteroatoms. The smallest absolute Gasteiger partial charge is 0.260 e. The number of H-pyrrole nitrogens is 1. The van der Waals surface area contributed by atoms with Crippen LogP contribution < -0.4 is 10.0 Å². The Hall–Kier alpha value is -2.37. The number of sulfonamides is 1. The van der Waals surface area contributed by atoms with Crippen LogP contribution in [0.1, 0.15) is 23.7 Å². The van der Waals surface area contributed by atoms with E-state index in [9.17, 15) is 17.6 Å². The lowest BCUT2D eigenvalue weighted by Gasteiger charge is -2.13. The zero-order chi connectivity index (χ0) is 21.2. The van der Waals surface area contributed by atoms with E-state index in [4.69, 9.17) is 11.6 Å². The first kappa shape index (κ1) is 21.3. The van der Waals surface area contributed by atoms with E-state index in [1.54, 1.807) is 13.0 Å². The van der Waals surface area contributed by atoms with Gasteiger partial charge in [0.2, 0.25) is 10.0 Å². The lowest BCUT2D eigenvalue weighted by atomic mass is 10.1. The van der Waals surface area contributed by atoms with Crippen molar-refractivity contribution in [2.75, 3.05) is 22.0 Å². The molecule has 0 saturated heterocycles. The van der Waals surface area contributed by atoms with E-state index < -0.39 is 27.3 Å².